The van der Waals surface area contributed by atoms with Crippen LogP contribution in [0.5, 0.6) is 11.5 Å². The van der Waals surface area contributed by atoms with Crippen molar-refractivity contribution in [3.8, 4) is 11.5 Å². The van der Waals surface area contributed by atoms with E-state index in [-0.39, 0.29) is 6.04 Å². The summed E-state index contributed by atoms with van der Waals surface area (Å²) < 4.78 is 48.6. The highest BCUT2D eigenvalue weighted by molar-refractivity contribution is 9.10. The minimum Gasteiger partial charge on any atom is -0.493 e. The predicted molar refractivity (Wildman–Crippen MR) is 103 cm³/mol. The summed E-state index contributed by atoms with van der Waals surface area (Å²) in [5.74, 6) is -0.258. The third-order valence-electron chi connectivity index (χ3n) is 4.05. The van der Waals surface area contributed by atoms with E-state index in [0.29, 0.717) is 29.6 Å². The SMILES string of the molecule is COc1ccc(Cc2noc(C3=CCC(N)C3)n2)c(Br)c1OC.O=C(O)C(F)(F)F. The number of halogens is 4. The summed E-state index contributed by atoms with van der Waals surface area (Å²) >= 11 is 3.55. The Morgan fingerprint density at radius 1 is 1.37 bits per heavy atom. The molecule has 3 rings (SSSR count). The number of rotatable bonds is 5. The second-order valence-corrected chi connectivity index (χ2v) is 6.99. The third kappa shape index (κ3) is 5.95. The van der Waals surface area contributed by atoms with Crippen LogP contribution in [-0.2, 0) is 11.2 Å². The zero-order chi connectivity index (χ0) is 22.5. The first-order valence-electron chi connectivity index (χ1n) is 8.53. The molecule has 1 heterocycles. The van der Waals surface area contributed by atoms with Crippen molar-refractivity contribution >= 4 is 27.5 Å². The predicted octanol–water partition coefficient (Wildman–Crippen LogP) is 3.58. The van der Waals surface area contributed by atoms with Gasteiger partial charge in [0.25, 0.3) is 5.89 Å². The Kier molecular flexibility index (Phi) is 7.84. The number of aromatic nitrogens is 2. The summed E-state index contributed by atoms with van der Waals surface area (Å²) in [6.45, 7) is 0. The fourth-order valence-electron chi connectivity index (χ4n) is 2.61. The fraction of sp³-hybridized carbons (Fsp3) is 0.389. The monoisotopic (exact) mass is 493 g/mol. The molecule has 0 radical (unpaired) electrons. The number of nitrogens with two attached hydrogens (primary N) is 1. The molecule has 0 amide bonds. The number of carbonyl (C=O) groups is 1. The zero-order valence-corrected chi connectivity index (χ0v) is 17.6. The van der Waals surface area contributed by atoms with Gasteiger partial charge < -0.3 is 24.8 Å². The molecule has 8 nitrogen and oxygen atoms in total. The number of benzene rings is 1. The van der Waals surface area contributed by atoms with E-state index >= 15 is 0 Å². The summed E-state index contributed by atoms with van der Waals surface area (Å²) in [5, 5.41) is 11.2. The van der Waals surface area contributed by atoms with Crippen molar-refractivity contribution < 1.29 is 37.1 Å². The molecule has 12 heteroatoms. The lowest BCUT2D eigenvalue weighted by Gasteiger charge is -2.12. The van der Waals surface area contributed by atoms with Crippen molar-refractivity contribution in [2.75, 3.05) is 14.2 Å². The van der Waals surface area contributed by atoms with E-state index in [0.717, 1.165) is 28.5 Å². The van der Waals surface area contributed by atoms with Crippen LogP contribution >= 0.6 is 15.9 Å². The maximum Gasteiger partial charge on any atom is 0.490 e. The maximum absolute atomic E-state index is 10.6. The Bertz CT molecular complexity index is 930. The first-order valence-corrected chi connectivity index (χ1v) is 9.33. The average Bonchev–Trinajstić information content (AvgIpc) is 3.31. The Hall–Kier alpha value is -2.60. The molecule has 2 aromatic rings. The van der Waals surface area contributed by atoms with Crippen molar-refractivity contribution in [3.05, 3.63) is 40.0 Å². The van der Waals surface area contributed by atoms with Crippen LogP contribution in [-0.4, -0.2) is 47.7 Å². The molecule has 30 heavy (non-hydrogen) atoms. The minimum atomic E-state index is -5.08. The highest BCUT2D eigenvalue weighted by atomic mass is 79.9. The van der Waals surface area contributed by atoms with Gasteiger partial charge in [-0.3, -0.25) is 0 Å². The zero-order valence-electron chi connectivity index (χ0n) is 16.0. The second-order valence-electron chi connectivity index (χ2n) is 6.20. The van der Waals surface area contributed by atoms with E-state index in [1.807, 2.05) is 12.1 Å². The van der Waals surface area contributed by atoms with Crippen LogP contribution in [0.4, 0.5) is 13.2 Å². The van der Waals surface area contributed by atoms with Crippen LogP contribution < -0.4 is 15.2 Å². The number of ether oxygens (including phenoxy) is 2. The van der Waals surface area contributed by atoms with Gasteiger partial charge in [-0.25, -0.2) is 4.79 Å². The summed E-state index contributed by atoms with van der Waals surface area (Å²) in [4.78, 5) is 13.4. The van der Waals surface area contributed by atoms with Crippen LogP contribution in [0.2, 0.25) is 0 Å². The maximum atomic E-state index is 10.6. The van der Waals surface area contributed by atoms with Crippen molar-refractivity contribution in [3.63, 3.8) is 0 Å². The van der Waals surface area contributed by atoms with Gasteiger partial charge in [0.1, 0.15) is 0 Å². The van der Waals surface area contributed by atoms with E-state index in [2.05, 4.69) is 32.1 Å². The number of carboxylic acid groups (broad SMARTS) is 1. The van der Waals surface area contributed by atoms with Crippen molar-refractivity contribution in [1.29, 1.82) is 0 Å². The normalized spacial score (nSPS) is 15.8. The number of carboxylic acids is 1. The quantitative estimate of drug-likeness (QED) is 0.648. The van der Waals surface area contributed by atoms with Gasteiger partial charge in [-0.1, -0.05) is 17.3 Å². The van der Waals surface area contributed by atoms with Gasteiger partial charge in [-0.15, -0.1) is 0 Å². The van der Waals surface area contributed by atoms with E-state index in [1.54, 1.807) is 14.2 Å². The number of hydrogen-bond acceptors (Lipinski definition) is 7. The highest BCUT2D eigenvalue weighted by Crippen LogP contribution is 2.38. The summed E-state index contributed by atoms with van der Waals surface area (Å²) in [5.41, 5.74) is 7.92. The first-order chi connectivity index (χ1) is 14.1. The fourth-order valence-corrected chi connectivity index (χ4v) is 3.24. The van der Waals surface area contributed by atoms with Crippen LogP contribution in [0.25, 0.3) is 5.57 Å². The summed E-state index contributed by atoms with van der Waals surface area (Å²) in [7, 11) is 3.21. The van der Waals surface area contributed by atoms with E-state index in [4.69, 9.17) is 29.6 Å². The van der Waals surface area contributed by atoms with Gasteiger partial charge in [-0.05, 0) is 40.4 Å². The van der Waals surface area contributed by atoms with Crippen molar-refractivity contribution in [2.24, 2.45) is 5.73 Å². The molecule has 0 bridgehead atoms. The number of nitrogens with zero attached hydrogens (tertiary/aromatic N) is 2. The number of aliphatic carboxylic acids is 1. The van der Waals surface area contributed by atoms with E-state index in [1.165, 1.54) is 0 Å². The molecule has 1 aliphatic carbocycles. The highest BCUT2D eigenvalue weighted by Gasteiger charge is 2.38. The van der Waals surface area contributed by atoms with Gasteiger partial charge >= 0.3 is 12.1 Å². The van der Waals surface area contributed by atoms with Gasteiger partial charge in [0.05, 0.1) is 18.7 Å². The molecule has 1 aromatic carbocycles. The summed E-state index contributed by atoms with van der Waals surface area (Å²) in [6.07, 6.45) is -0.853. The first kappa shape index (κ1) is 23.7. The van der Waals surface area contributed by atoms with Gasteiger partial charge in [0, 0.05) is 18.0 Å². The molecule has 0 saturated heterocycles. The van der Waals surface area contributed by atoms with Crippen LogP contribution in [0.1, 0.15) is 30.1 Å². The molecule has 3 N–H and O–H groups in total. The smallest absolute Gasteiger partial charge is 0.490 e. The summed E-state index contributed by atoms with van der Waals surface area (Å²) in [6, 6.07) is 3.96. The Labute approximate surface area is 178 Å². The van der Waals surface area contributed by atoms with Crippen LogP contribution in [0.3, 0.4) is 0 Å². The molecule has 164 valence electrons. The van der Waals surface area contributed by atoms with E-state index < -0.39 is 12.1 Å². The largest absolute Gasteiger partial charge is 0.493 e. The third-order valence-corrected chi connectivity index (χ3v) is 4.92. The van der Waals surface area contributed by atoms with Crippen molar-refractivity contribution in [1.82, 2.24) is 10.1 Å². The molecule has 0 aliphatic heterocycles. The standard InChI is InChI=1S/C16H18BrN3O3.C2HF3O2/c1-21-12-6-4-9(14(17)15(12)22-2)8-13-19-16(23-20-13)10-3-5-11(18)7-10;3-2(4,5)1(6)7/h3-4,6,11H,5,7-8,18H2,1-2H3;(H,6,7). The van der Waals surface area contributed by atoms with Crippen molar-refractivity contribution in [2.45, 2.75) is 31.5 Å². The second kappa shape index (κ2) is 9.94. The molecule has 1 unspecified atom stereocenters. The number of hydrogen-bond donors (Lipinski definition) is 2. The lowest BCUT2D eigenvalue weighted by atomic mass is 10.1. The van der Waals surface area contributed by atoms with Crippen LogP contribution in [0, 0.1) is 0 Å². The average molecular weight is 494 g/mol. The van der Waals surface area contributed by atoms with E-state index in [9.17, 15) is 13.2 Å². The molecule has 0 saturated carbocycles. The Balaban J connectivity index is 0.000000396. The molecule has 0 fully saturated rings. The molecule has 0 spiro atoms. The lowest BCUT2D eigenvalue weighted by Crippen LogP contribution is -2.21. The molecule has 1 aliphatic rings. The number of alkyl halides is 3. The molecule has 1 aromatic heterocycles. The van der Waals surface area contributed by atoms with Crippen LogP contribution in [0.15, 0.2) is 27.2 Å². The topological polar surface area (TPSA) is 121 Å². The molecular formula is C18H19BrF3N3O5. The Morgan fingerprint density at radius 2 is 2.03 bits per heavy atom. The number of methoxy groups -OCH3 is 2. The van der Waals surface area contributed by atoms with Gasteiger partial charge in [-0.2, -0.15) is 18.2 Å². The lowest BCUT2D eigenvalue weighted by molar-refractivity contribution is -0.192. The minimum absolute atomic E-state index is 0.153. The Morgan fingerprint density at radius 3 is 2.53 bits per heavy atom. The van der Waals surface area contributed by atoms with Gasteiger partial charge in [0.15, 0.2) is 17.3 Å². The molecule has 1 atom stereocenters. The van der Waals surface area contributed by atoms with Gasteiger partial charge in [0.2, 0.25) is 0 Å². The molecular weight excluding hydrogens is 475 g/mol.